The zero-order chi connectivity index (χ0) is 56.5. The third-order valence-electron chi connectivity index (χ3n) is 20.5. The number of benzene rings is 8. The Bertz CT molecular complexity index is 3750. The molecular formula is C72H65N3O9. The number of fused-ring (bicyclic) bond motifs is 13. The number of anilines is 6. The van der Waals surface area contributed by atoms with Crippen LogP contribution in [0, 0.1) is 47.3 Å². The molecule has 0 N–H and O–H groups in total. The molecule has 3 heterocycles. The number of carbonyl (C=O) groups is 2. The van der Waals surface area contributed by atoms with Gasteiger partial charge in [0.1, 0.15) is 34.6 Å². The van der Waals surface area contributed by atoms with E-state index in [2.05, 4.69) is 124 Å². The zero-order valence-electron chi connectivity index (χ0n) is 47.5. The van der Waals surface area contributed by atoms with Crippen LogP contribution in [0.2, 0.25) is 0 Å². The maximum absolute atomic E-state index is 16.4. The van der Waals surface area contributed by atoms with Crippen molar-refractivity contribution in [1.29, 1.82) is 0 Å². The molecule has 422 valence electrons. The van der Waals surface area contributed by atoms with Crippen LogP contribution in [0.25, 0.3) is 22.3 Å². The molecule has 84 heavy (non-hydrogen) atoms. The minimum absolute atomic E-state index is 0.00856. The Morgan fingerprint density at radius 1 is 0.357 bits per heavy atom. The molecule has 0 spiro atoms. The second-order valence-electron chi connectivity index (χ2n) is 24.2. The molecule has 8 aromatic carbocycles. The van der Waals surface area contributed by atoms with Crippen LogP contribution in [0.5, 0.6) is 57.5 Å². The summed E-state index contributed by atoms with van der Waals surface area (Å²) in [7, 11) is 6.67. The SMILES string of the molecule is COc1ccc2c(c1)Oc1cc(OC)ccc1N2C1CC2C(=O)C3C(CCC4C5CCC(N6c7ccc(-c8ccccc8)cc7Oc7cc(-c8ccccc8)ccc76)CC5C(=O)C43)C2C(N2c3ccc(OC)cc3Oc3cc(OC)ccc32)C1. The Morgan fingerprint density at radius 3 is 1.21 bits per heavy atom. The van der Waals surface area contributed by atoms with Gasteiger partial charge in [0.2, 0.25) is 0 Å². The van der Waals surface area contributed by atoms with Gasteiger partial charge in [0.25, 0.3) is 0 Å². The quantitative estimate of drug-likeness (QED) is 0.137. The first-order chi connectivity index (χ1) is 41.2. The second kappa shape index (κ2) is 19.9. The molecular weight excluding hydrogens is 1050 g/mol. The Morgan fingerprint density at radius 2 is 0.738 bits per heavy atom. The highest BCUT2D eigenvalue weighted by molar-refractivity contribution is 5.97. The molecule has 12 nitrogen and oxygen atoms in total. The lowest BCUT2D eigenvalue weighted by molar-refractivity contribution is -0.135. The highest BCUT2D eigenvalue weighted by Gasteiger charge is 2.66. The van der Waals surface area contributed by atoms with Crippen LogP contribution in [0.15, 0.2) is 170 Å². The predicted octanol–water partition coefficient (Wildman–Crippen LogP) is 16.2. The van der Waals surface area contributed by atoms with Gasteiger partial charge in [-0.1, -0.05) is 72.8 Å². The molecule has 5 fully saturated rings. The first kappa shape index (κ1) is 50.8. The number of rotatable bonds is 9. The van der Waals surface area contributed by atoms with E-state index in [1.165, 1.54) is 0 Å². The Kier molecular flexibility index (Phi) is 12.0. The fourth-order valence-corrected chi connectivity index (χ4v) is 17.0. The molecule has 0 bridgehead atoms. The summed E-state index contributed by atoms with van der Waals surface area (Å²) in [5, 5.41) is 0. The second-order valence-corrected chi connectivity index (χ2v) is 24.2. The van der Waals surface area contributed by atoms with Crippen molar-refractivity contribution >= 4 is 45.7 Å². The smallest absolute Gasteiger partial charge is 0.154 e. The van der Waals surface area contributed by atoms with Gasteiger partial charge in [-0.2, -0.15) is 0 Å². The Hall–Kier alpha value is -8.90. The van der Waals surface area contributed by atoms with Crippen molar-refractivity contribution in [1.82, 2.24) is 0 Å². The van der Waals surface area contributed by atoms with E-state index in [1.807, 2.05) is 60.7 Å². The number of methoxy groups -OCH3 is 4. The largest absolute Gasteiger partial charge is 0.497 e. The third kappa shape index (κ3) is 7.92. The van der Waals surface area contributed by atoms with Gasteiger partial charge in [-0.15, -0.1) is 0 Å². The van der Waals surface area contributed by atoms with Crippen molar-refractivity contribution in [2.24, 2.45) is 47.3 Å². The van der Waals surface area contributed by atoms with E-state index in [4.69, 9.17) is 33.2 Å². The minimum atomic E-state index is -0.376. The van der Waals surface area contributed by atoms with Crippen LogP contribution in [0.1, 0.15) is 44.9 Å². The first-order valence-electron chi connectivity index (χ1n) is 29.9. The van der Waals surface area contributed by atoms with Gasteiger partial charge in [0.15, 0.2) is 34.5 Å². The standard InChI is InChI=1S/C72H65N3O9/c1-78-46-18-27-57-64(36-46)83-65-37-47(79-2)19-28-58(65)74(57)45-34-54-68(61(35-45)75-59-29-20-48(80-3)38-66(59)84-67-39-49(81-4)21-30-60(67)75)52-24-23-51-50-22-17-44(33-53(50)71(76)69(51)70(52)72(54)77)73-55-25-15-42(40-11-7-5-8-12-40)31-62(55)82-63-32-43(16-26-56(63)73)41-13-9-6-10-14-41/h5-16,18-21,25-32,36-39,44-45,50-54,61,68-70H,17,22-24,33-35H2,1-4H3. The van der Waals surface area contributed by atoms with Crippen molar-refractivity contribution in [3.63, 3.8) is 0 Å². The highest BCUT2D eigenvalue weighted by Crippen LogP contribution is 2.66. The van der Waals surface area contributed by atoms with Crippen LogP contribution in [0.4, 0.5) is 34.1 Å². The normalized spacial score (nSPS) is 26.4. The number of carbonyl (C=O) groups excluding carboxylic acids is 2. The molecule has 11 atom stereocenters. The van der Waals surface area contributed by atoms with Gasteiger partial charge in [0, 0.05) is 66.1 Å². The molecule has 0 saturated heterocycles. The van der Waals surface area contributed by atoms with E-state index < -0.39 is 0 Å². The van der Waals surface area contributed by atoms with Crippen LogP contribution in [0.3, 0.4) is 0 Å². The summed E-state index contributed by atoms with van der Waals surface area (Å²) >= 11 is 0. The molecule has 0 aromatic heterocycles. The van der Waals surface area contributed by atoms with Gasteiger partial charge in [-0.05, 0) is 164 Å². The molecule has 8 aliphatic rings. The van der Waals surface area contributed by atoms with Gasteiger partial charge in [0.05, 0.1) is 62.6 Å². The van der Waals surface area contributed by atoms with Gasteiger partial charge in [-0.25, -0.2) is 0 Å². The highest BCUT2D eigenvalue weighted by atomic mass is 16.5. The molecule has 16 rings (SSSR count). The number of ketones is 2. The minimum Gasteiger partial charge on any atom is -0.497 e. The molecule has 0 amide bonds. The lowest BCUT2D eigenvalue weighted by atomic mass is 9.63. The van der Waals surface area contributed by atoms with E-state index >= 15 is 9.59 Å². The van der Waals surface area contributed by atoms with Crippen LogP contribution in [-0.4, -0.2) is 58.1 Å². The van der Waals surface area contributed by atoms with Crippen LogP contribution >= 0.6 is 0 Å². The third-order valence-corrected chi connectivity index (χ3v) is 20.5. The van der Waals surface area contributed by atoms with Crippen molar-refractivity contribution in [3.8, 4) is 79.7 Å². The molecule has 5 saturated carbocycles. The summed E-state index contributed by atoms with van der Waals surface area (Å²) in [6, 6.07) is 57.8. The lowest BCUT2D eigenvalue weighted by Gasteiger charge is -2.51. The van der Waals surface area contributed by atoms with Gasteiger partial charge < -0.3 is 47.9 Å². The summed E-state index contributed by atoms with van der Waals surface area (Å²) in [5.41, 5.74) is 10.1. The molecule has 8 aromatic rings. The maximum Gasteiger partial charge on any atom is 0.154 e. The maximum atomic E-state index is 16.4. The average molecular weight is 1120 g/mol. The predicted molar refractivity (Wildman–Crippen MR) is 324 cm³/mol. The van der Waals surface area contributed by atoms with Gasteiger partial charge in [-0.3, -0.25) is 9.59 Å². The summed E-state index contributed by atoms with van der Waals surface area (Å²) < 4.78 is 43.6. The number of nitrogens with zero attached hydrogens (tertiary/aromatic N) is 3. The topological polar surface area (TPSA) is 108 Å². The molecule has 12 heteroatoms. The number of hydrogen-bond donors (Lipinski definition) is 0. The van der Waals surface area contributed by atoms with Crippen molar-refractivity contribution in [2.75, 3.05) is 43.1 Å². The number of ether oxygens (including phenoxy) is 7. The Labute approximate surface area is 489 Å². The van der Waals surface area contributed by atoms with Gasteiger partial charge >= 0.3 is 0 Å². The van der Waals surface area contributed by atoms with Crippen LogP contribution in [-0.2, 0) is 9.59 Å². The average Bonchev–Trinajstić information content (AvgIpc) is 3.13. The van der Waals surface area contributed by atoms with Crippen molar-refractivity contribution in [3.05, 3.63) is 170 Å². The number of Topliss-reactive ketones (excluding diaryl/α,β-unsaturated/α-hetero) is 2. The fraction of sp³-hybridized carbons (Fsp3) is 0.306. The summed E-state index contributed by atoms with van der Waals surface area (Å²) in [6.07, 6.45) is 5.73. The zero-order valence-corrected chi connectivity index (χ0v) is 47.5. The molecule has 5 aliphatic carbocycles. The van der Waals surface area contributed by atoms with E-state index in [-0.39, 0.29) is 71.3 Å². The first-order valence-corrected chi connectivity index (χ1v) is 29.9. The Balaban J connectivity index is 0.778. The summed E-state index contributed by atoms with van der Waals surface area (Å²) in [6.45, 7) is 0. The van der Waals surface area contributed by atoms with E-state index in [0.29, 0.717) is 64.6 Å². The summed E-state index contributed by atoms with van der Waals surface area (Å²) in [4.78, 5) is 39.7. The molecule has 0 radical (unpaired) electrons. The lowest BCUT2D eigenvalue weighted by Crippen LogP contribution is -2.53. The van der Waals surface area contributed by atoms with Crippen LogP contribution < -0.4 is 47.9 Å². The van der Waals surface area contributed by atoms with E-state index in [0.717, 1.165) is 100.0 Å². The van der Waals surface area contributed by atoms with E-state index in [9.17, 15) is 0 Å². The number of hydrogen-bond acceptors (Lipinski definition) is 12. The fourth-order valence-electron chi connectivity index (χ4n) is 17.0. The monoisotopic (exact) mass is 1120 g/mol. The van der Waals surface area contributed by atoms with E-state index in [1.54, 1.807) is 28.4 Å². The summed E-state index contributed by atoms with van der Waals surface area (Å²) in [5.74, 6) is 6.72. The molecule has 11 unspecified atom stereocenters. The van der Waals surface area contributed by atoms with Crippen molar-refractivity contribution in [2.45, 2.75) is 63.1 Å². The molecule has 3 aliphatic heterocycles. The van der Waals surface area contributed by atoms with Crippen molar-refractivity contribution < 1.29 is 42.7 Å².